The van der Waals surface area contributed by atoms with Crippen molar-refractivity contribution in [3.8, 4) is 0 Å². The van der Waals surface area contributed by atoms with Crippen LogP contribution in [0.1, 0.15) is 30.0 Å². The van der Waals surface area contributed by atoms with Crippen LogP contribution in [0.3, 0.4) is 0 Å². The largest absolute Gasteiger partial charge is 0.540 e. The Morgan fingerprint density at radius 1 is 1.55 bits per heavy atom. The van der Waals surface area contributed by atoms with E-state index in [0.29, 0.717) is 17.8 Å². The van der Waals surface area contributed by atoms with Crippen LogP contribution < -0.4 is 0 Å². The fourth-order valence-corrected chi connectivity index (χ4v) is 2.34. The zero-order valence-corrected chi connectivity index (χ0v) is 11.5. The van der Waals surface area contributed by atoms with E-state index in [-0.39, 0.29) is 11.4 Å². The summed E-state index contributed by atoms with van der Waals surface area (Å²) in [6, 6.07) is 0. The lowest BCUT2D eigenvalue weighted by Crippen LogP contribution is -2.48. The molecular formula is C11H11BN2O5S. The fraction of sp³-hybridized carbons (Fsp3) is 0.455. The molecule has 1 aromatic heterocycles. The number of aliphatic carboxylic acids is 1. The molecule has 1 heterocycles. The van der Waals surface area contributed by atoms with E-state index in [2.05, 4.69) is 14.8 Å². The van der Waals surface area contributed by atoms with E-state index >= 15 is 0 Å². The first-order chi connectivity index (χ1) is 9.48. The van der Waals surface area contributed by atoms with Crippen LogP contribution >= 0.6 is 11.3 Å². The van der Waals surface area contributed by atoms with Crippen molar-refractivity contribution in [1.82, 2.24) is 4.98 Å². The molecule has 1 aliphatic rings. The second-order valence-electron chi connectivity index (χ2n) is 4.34. The normalized spacial score (nSPS) is 17.1. The van der Waals surface area contributed by atoms with Crippen molar-refractivity contribution >= 4 is 37.0 Å². The van der Waals surface area contributed by atoms with E-state index in [1.165, 1.54) is 11.3 Å². The molecule has 2 radical (unpaired) electrons. The molecule has 1 fully saturated rings. The molecule has 0 aliphatic heterocycles. The highest BCUT2D eigenvalue weighted by Crippen LogP contribution is 2.37. The van der Waals surface area contributed by atoms with Crippen LogP contribution in [0.2, 0.25) is 0 Å². The summed E-state index contributed by atoms with van der Waals surface area (Å²) in [5.41, 5.74) is -1.44. The molecule has 1 saturated carbocycles. The third kappa shape index (κ3) is 2.67. The van der Waals surface area contributed by atoms with Gasteiger partial charge < -0.3 is 14.6 Å². The Labute approximate surface area is 120 Å². The van der Waals surface area contributed by atoms with Gasteiger partial charge in [-0.3, -0.25) is 0 Å². The zero-order valence-electron chi connectivity index (χ0n) is 10.7. The van der Waals surface area contributed by atoms with Gasteiger partial charge in [0.05, 0.1) is 5.01 Å². The first kappa shape index (κ1) is 14.5. The molecule has 0 amide bonds. The number of carbonyl (C=O) groups excluding carboxylic acids is 1. The van der Waals surface area contributed by atoms with Gasteiger partial charge in [-0.05, 0) is 13.3 Å². The van der Waals surface area contributed by atoms with Crippen LogP contribution in [-0.4, -0.2) is 41.4 Å². The minimum Gasteiger partial charge on any atom is -0.540 e. The van der Waals surface area contributed by atoms with Crippen LogP contribution in [0.4, 0.5) is 0 Å². The highest BCUT2D eigenvalue weighted by atomic mass is 32.1. The summed E-state index contributed by atoms with van der Waals surface area (Å²) < 4.78 is 4.17. The van der Waals surface area contributed by atoms with E-state index in [0.717, 1.165) is 6.42 Å². The van der Waals surface area contributed by atoms with Crippen molar-refractivity contribution in [2.45, 2.75) is 31.8 Å². The Morgan fingerprint density at radius 2 is 2.25 bits per heavy atom. The monoisotopic (exact) mass is 294 g/mol. The topological polar surface area (TPSA) is 98.1 Å². The second kappa shape index (κ2) is 5.62. The number of oxime groups is 1. The van der Waals surface area contributed by atoms with Gasteiger partial charge in [-0.25, -0.2) is 14.6 Å². The van der Waals surface area contributed by atoms with Gasteiger partial charge >= 0.3 is 20.0 Å². The third-order valence-corrected chi connectivity index (χ3v) is 3.79. The van der Waals surface area contributed by atoms with Crippen LogP contribution in [0.25, 0.3) is 0 Å². The van der Waals surface area contributed by atoms with Crippen LogP contribution in [-0.2, 0) is 19.1 Å². The maximum Gasteiger partial charge on any atom is 0.378 e. The zero-order chi connectivity index (χ0) is 14.8. The van der Waals surface area contributed by atoms with Gasteiger partial charge in [-0.1, -0.05) is 5.16 Å². The molecule has 0 aromatic carbocycles. The summed E-state index contributed by atoms with van der Waals surface area (Å²) in [7, 11) is 4.84. The van der Waals surface area contributed by atoms with Crippen molar-refractivity contribution in [3.05, 3.63) is 16.1 Å². The van der Waals surface area contributed by atoms with Crippen LogP contribution in [0.15, 0.2) is 10.5 Å². The smallest absolute Gasteiger partial charge is 0.378 e. The number of aromatic nitrogens is 1. The fourth-order valence-electron chi connectivity index (χ4n) is 1.74. The Bertz CT molecular complexity index is 567. The summed E-state index contributed by atoms with van der Waals surface area (Å²) >= 11 is 1.29. The molecule has 1 N–H and O–H groups in total. The molecule has 1 aromatic rings. The number of hydrogen-bond acceptors (Lipinski definition) is 7. The summed E-state index contributed by atoms with van der Waals surface area (Å²) in [5, 5.41) is 15.0. The van der Waals surface area contributed by atoms with Gasteiger partial charge in [-0.2, -0.15) is 0 Å². The number of hydrogen-bond donors (Lipinski definition) is 1. The van der Waals surface area contributed by atoms with Crippen molar-refractivity contribution < 1.29 is 24.2 Å². The van der Waals surface area contributed by atoms with Gasteiger partial charge in [0.15, 0.2) is 0 Å². The quantitative estimate of drug-likeness (QED) is 0.490. The molecule has 7 nitrogen and oxygen atoms in total. The van der Waals surface area contributed by atoms with Crippen molar-refractivity contribution in [2.24, 2.45) is 5.16 Å². The lowest BCUT2D eigenvalue weighted by atomic mass is 9.80. The van der Waals surface area contributed by atoms with Gasteiger partial charge in [0.1, 0.15) is 5.69 Å². The third-order valence-electron chi connectivity index (χ3n) is 3.02. The van der Waals surface area contributed by atoms with E-state index in [9.17, 15) is 9.59 Å². The van der Waals surface area contributed by atoms with Crippen LogP contribution in [0, 0.1) is 6.92 Å². The van der Waals surface area contributed by atoms with Crippen molar-refractivity contribution in [3.63, 3.8) is 0 Å². The summed E-state index contributed by atoms with van der Waals surface area (Å²) in [4.78, 5) is 31.9. The number of nitrogens with zero attached hydrogens (tertiary/aromatic N) is 2. The van der Waals surface area contributed by atoms with E-state index in [4.69, 9.17) is 18.0 Å². The van der Waals surface area contributed by atoms with Gasteiger partial charge in [0.25, 0.3) is 0 Å². The van der Waals surface area contributed by atoms with E-state index < -0.39 is 17.5 Å². The molecule has 20 heavy (non-hydrogen) atoms. The first-order valence-corrected chi connectivity index (χ1v) is 6.69. The predicted octanol–water partition coefficient (Wildman–Crippen LogP) is 0.806. The maximum atomic E-state index is 11.5. The minimum absolute atomic E-state index is 0.190. The number of rotatable bonds is 5. The van der Waals surface area contributed by atoms with Crippen molar-refractivity contribution in [2.75, 3.05) is 0 Å². The summed E-state index contributed by atoms with van der Waals surface area (Å²) in [5.74, 6) is -2.04. The lowest BCUT2D eigenvalue weighted by molar-refractivity contribution is -0.175. The molecule has 0 bridgehead atoms. The predicted molar refractivity (Wildman–Crippen MR) is 70.5 cm³/mol. The first-order valence-electron chi connectivity index (χ1n) is 5.81. The highest BCUT2D eigenvalue weighted by molar-refractivity contribution is 7.09. The molecule has 2 rings (SSSR count). The SMILES string of the molecule is [B]OC(=O)C1(O/N=C(\C(=O)O)c2csc(C)n2)CCC1. The lowest BCUT2D eigenvalue weighted by Gasteiger charge is -2.36. The van der Waals surface area contributed by atoms with Gasteiger partial charge in [0.2, 0.25) is 11.3 Å². The van der Waals surface area contributed by atoms with Gasteiger partial charge in [0, 0.05) is 18.2 Å². The molecule has 0 saturated heterocycles. The molecule has 1 aliphatic carbocycles. The molecule has 0 spiro atoms. The average molecular weight is 294 g/mol. The number of carbonyl (C=O) groups is 2. The molecule has 0 unspecified atom stereocenters. The standard InChI is InChI=1S/C11H11BN2O5S/c1-6-13-7(5-20-6)8(9(15)16)14-19-11(3-2-4-11)10(17)18-12/h5H,2-4H2,1H3,(H,15,16)/b14-8-. The van der Waals surface area contributed by atoms with Crippen molar-refractivity contribution in [1.29, 1.82) is 0 Å². The molecular weight excluding hydrogens is 283 g/mol. The Kier molecular flexibility index (Phi) is 4.08. The summed E-state index contributed by atoms with van der Waals surface area (Å²) in [6.07, 6.45) is 1.52. The van der Waals surface area contributed by atoms with Gasteiger partial charge in [-0.15, -0.1) is 11.3 Å². The highest BCUT2D eigenvalue weighted by Gasteiger charge is 2.48. The molecule has 0 atom stereocenters. The Morgan fingerprint density at radius 3 is 2.65 bits per heavy atom. The second-order valence-corrected chi connectivity index (χ2v) is 5.40. The van der Waals surface area contributed by atoms with E-state index in [1.807, 2.05) is 0 Å². The maximum absolute atomic E-state index is 11.5. The molecule has 9 heteroatoms. The van der Waals surface area contributed by atoms with E-state index in [1.54, 1.807) is 12.3 Å². The van der Waals surface area contributed by atoms with Crippen LogP contribution in [0.5, 0.6) is 0 Å². The molecule has 104 valence electrons. The number of carboxylic acid groups (broad SMARTS) is 1. The Balaban J connectivity index is 2.22. The average Bonchev–Trinajstić information content (AvgIpc) is 2.77. The number of aryl methyl sites for hydroxylation is 1. The summed E-state index contributed by atoms with van der Waals surface area (Å²) in [6.45, 7) is 1.74. The number of carboxylic acids is 1. The minimum atomic E-state index is -1.29. The Hall–Kier alpha value is -1.90. The number of thiazole rings is 1.